The summed E-state index contributed by atoms with van der Waals surface area (Å²) < 4.78 is 0. The Labute approximate surface area is 94.5 Å². The number of nitrogens with one attached hydrogen (secondary N) is 1. The first-order valence-corrected chi connectivity index (χ1v) is 6.46. The molecular weight excluding hydrogens is 202 g/mol. The fourth-order valence-corrected chi connectivity index (χ4v) is 3.42. The van der Waals surface area contributed by atoms with E-state index in [1.54, 1.807) is 0 Å². The maximum Gasteiger partial charge on any atom is 0.0327 e. The lowest BCUT2D eigenvalue weighted by Crippen LogP contribution is -2.28. The van der Waals surface area contributed by atoms with Gasteiger partial charge < -0.3 is 5.32 Å². The molecule has 3 rings (SSSR count). The van der Waals surface area contributed by atoms with Gasteiger partial charge >= 0.3 is 0 Å². The molecule has 2 heteroatoms. The fraction of sp³-hybridized carbons (Fsp3) is 0.385. The predicted octanol–water partition coefficient (Wildman–Crippen LogP) is 3.00. The van der Waals surface area contributed by atoms with Crippen LogP contribution in [-0.2, 0) is 6.42 Å². The second-order valence-corrected chi connectivity index (χ2v) is 5.02. The molecule has 1 heterocycles. The molecule has 2 aliphatic rings. The van der Waals surface area contributed by atoms with E-state index < -0.39 is 0 Å². The van der Waals surface area contributed by atoms with E-state index >= 15 is 0 Å². The van der Waals surface area contributed by atoms with Crippen LogP contribution in [0.15, 0.2) is 28.5 Å². The fourth-order valence-electron chi connectivity index (χ4n) is 2.54. The van der Waals surface area contributed by atoms with Crippen LogP contribution < -0.4 is 5.32 Å². The van der Waals surface area contributed by atoms with Crippen LogP contribution >= 0.6 is 11.3 Å². The SMILES string of the molecule is CNC1CCC2=CCc3cscc3C1=C2. The highest BCUT2D eigenvalue weighted by Gasteiger charge is 2.23. The minimum Gasteiger partial charge on any atom is -0.313 e. The Morgan fingerprint density at radius 1 is 1.40 bits per heavy atom. The van der Waals surface area contributed by atoms with Gasteiger partial charge in [-0.25, -0.2) is 0 Å². The summed E-state index contributed by atoms with van der Waals surface area (Å²) in [6.07, 6.45) is 8.37. The number of likely N-dealkylation sites (N-methyl/N-ethyl adjacent to an activating group) is 1. The van der Waals surface area contributed by atoms with Crippen LogP contribution in [0.2, 0.25) is 0 Å². The summed E-state index contributed by atoms with van der Waals surface area (Å²) in [5, 5.41) is 8.02. The summed E-state index contributed by atoms with van der Waals surface area (Å²) in [4.78, 5) is 0. The van der Waals surface area contributed by atoms with Crippen LogP contribution in [0.4, 0.5) is 0 Å². The molecule has 1 unspecified atom stereocenters. The largest absolute Gasteiger partial charge is 0.313 e. The Hall–Kier alpha value is -0.860. The predicted molar refractivity (Wildman–Crippen MR) is 66.2 cm³/mol. The smallest absolute Gasteiger partial charge is 0.0327 e. The molecule has 0 spiro atoms. The van der Waals surface area contributed by atoms with Crippen molar-refractivity contribution < 1.29 is 0 Å². The van der Waals surface area contributed by atoms with Gasteiger partial charge in [0.15, 0.2) is 0 Å². The van der Waals surface area contributed by atoms with Gasteiger partial charge in [-0.05, 0) is 53.8 Å². The van der Waals surface area contributed by atoms with Crippen LogP contribution in [0.5, 0.6) is 0 Å². The van der Waals surface area contributed by atoms with E-state index in [0.29, 0.717) is 6.04 Å². The molecule has 0 aromatic carbocycles. The van der Waals surface area contributed by atoms with Gasteiger partial charge in [0.25, 0.3) is 0 Å². The quantitative estimate of drug-likeness (QED) is 0.762. The zero-order chi connectivity index (χ0) is 10.3. The van der Waals surface area contributed by atoms with Crippen molar-refractivity contribution >= 4 is 16.9 Å². The van der Waals surface area contributed by atoms with Crippen LogP contribution in [0.1, 0.15) is 24.0 Å². The van der Waals surface area contributed by atoms with Crippen LogP contribution in [-0.4, -0.2) is 13.1 Å². The Morgan fingerprint density at radius 2 is 2.33 bits per heavy atom. The molecule has 0 aliphatic heterocycles. The molecule has 1 aromatic rings. The number of fused-ring (bicyclic) bond motifs is 3. The van der Waals surface area contributed by atoms with E-state index in [9.17, 15) is 0 Å². The lowest BCUT2D eigenvalue weighted by molar-refractivity contribution is 0.617. The summed E-state index contributed by atoms with van der Waals surface area (Å²) >= 11 is 1.82. The van der Waals surface area contributed by atoms with Crippen LogP contribution in [0, 0.1) is 0 Å². The van der Waals surface area contributed by atoms with E-state index in [4.69, 9.17) is 0 Å². The van der Waals surface area contributed by atoms with Gasteiger partial charge in [-0.15, -0.1) is 0 Å². The van der Waals surface area contributed by atoms with E-state index in [-0.39, 0.29) is 0 Å². The maximum atomic E-state index is 3.43. The van der Waals surface area contributed by atoms with Crippen molar-refractivity contribution in [1.82, 2.24) is 5.32 Å². The first kappa shape index (κ1) is 9.37. The Bertz CT molecular complexity index is 439. The summed E-state index contributed by atoms with van der Waals surface area (Å²) in [7, 11) is 2.07. The van der Waals surface area contributed by atoms with Gasteiger partial charge in [0.1, 0.15) is 0 Å². The Morgan fingerprint density at radius 3 is 3.20 bits per heavy atom. The molecule has 15 heavy (non-hydrogen) atoms. The highest BCUT2D eigenvalue weighted by molar-refractivity contribution is 7.08. The van der Waals surface area contributed by atoms with Gasteiger partial charge in [0.05, 0.1) is 0 Å². The molecule has 1 aromatic heterocycles. The second kappa shape index (κ2) is 3.62. The summed E-state index contributed by atoms with van der Waals surface area (Å²) in [5.74, 6) is 0. The Balaban J connectivity index is 2.13. The normalized spacial score (nSPS) is 23.9. The lowest BCUT2D eigenvalue weighted by atomic mass is 9.88. The van der Waals surface area contributed by atoms with Crippen LogP contribution in [0.3, 0.4) is 0 Å². The molecular formula is C13H15NS. The van der Waals surface area contributed by atoms with Crippen molar-refractivity contribution in [3.8, 4) is 0 Å². The minimum atomic E-state index is 0.550. The molecule has 78 valence electrons. The van der Waals surface area contributed by atoms with Crippen molar-refractivity contribution in [3.05, 3.63) is 39.6 Å². The van der Waals surface area contributed by atoms with Crippen LogP contribution in [0.25, 0.3) is 5.57 Å². The third kappa shape index (κ3) is 1.48. The van der Waals surface area contributed by atoms with Crippen molar-refractivity contribution in [2.24, 2.45) is 0 Å². The average molecular weight is 217 g/mol. The lowest BCUT2D eigenvalue weighted by Gasteiger charge is -2.24. The molecule has 0 fully saturated rings. The molecule has 0 saturated heterocycles. The van der Waals surface area contributed by atoms with Gasteiger partial charge in [0.2, 0.25) is 0 Å². The second-order valence-electron chi connectivity index (χ2n) is 4.27. The zero-order valence-electron chi connectivity index (χ0n) is 8.92. The van der Waals surface area contributed by atoms with Gasteiger partial charge in [-0.2, -0.15) is 11.3 Å². The maximum absolute atomic E-state index is 3.43. The molecule has 2 bridgehead atoms. The van der Waals surface area contributed by atoms with Crippen molar-refractivity contribution in [1.29, 1.82) is 0 Å². The number of thiophene rings is 1. The molecule has 1 nitrogen and oxygen atoms in total. The highest BCUT2D eigenvalue weighted by Crippen LogP contribution is 2.36. The highest BCUT2D eigenvalue weighted by atomic mass is 32.1. The number of hydrogen-bond acceptors (Lipinski definition) is 2. The summed E-state index contributed by atoms with van der Waals surface area (Å²) in [6.45, 7) is 0. The topological polar surface area (TPSA) is 12.0 Å². The molecule has 0 amide bonds. The van der Waals surface area contributed by atoms with E-state index in [0.717, 1.165) is 6.42 Å². The van der Waals surface area contributed by atoms with Crippen molar-refractivity contribution in [2.45, 2.75) is 25.3 Å². The number of allylic oxidation sites excluding steroid dienone is 3. The first-order valence-electron chi connectivity index (χ1n) is 5.52. The van der Waals surface area contributed by atoms with E-state index in [1.807, 2.05) is 11.3 Å². The standard InChI is InChI=1S/C13H15NS/c1-14-13-5-3-9-2-4-10-7-15-8-12(10)11(13)6-9/h2,6-8,13-14H,3-5H2,1H3. The summed E-state index contributed by atoms with van der Waals surface area (Å²) in [5.41, 5.74) is 6.01. The monoisotopic (exact) mass is 217 g/mol. The first-order chi connectivity index (χ1) is 7.38. The molecule has 2 aliphatic carbocycles. The van der Waals surface area contributed by atoms with Gasteiger partial charge in [-0.1, -0.05) is 17.7 Å². The molecule has 1 atom stereocenters. The average Bonchev–Trinajstić information content (AvgIpc) is 2.69. The zero-order valence-corrected chi connectivity index (χ0v) is 9.73. The number of rotatable bonds is 1. The summed E-state index contributed by atoms with van der Waals surface area (Å²) in [6, 6.07) is 0.550. The third-order valence-electron chi connectivity index (χ3n) is 3.42. The molecule has 0 radical (unpaired) electrons. The third-order valence-corrected chi connectivity index (χ3v) is 4.22. The van der Waals surface area contributed by atoms with E-state index in [1.165, 1.54) is 35.1 Å². The molecule has 0 saturated carbocycles. The van der Waals surface area contributed by atoms with Gasteiger partial charge in [0, 0.05) is 6.04 Å². The van der Waals surface area contributed by atoms with Crippen molar-refractivity contribution in [2.75, 3.05) is 7.05 Å². The number of hydrogen-bond donors (Lipinski definition) is 1. The van der Waals surface area contributed by atoms with Crippen molar-refractivity contribution in [3.63, 3.8) is 0 Å². The minimum absolute atomic E-state index is 0.550. The Kier molecular flexibility index (Phi) is 2.26. The van der Waals surface area contributed by atoms with Gasteiger partial charge in [-0.3, -0.25) is 0 Å². The molecule has 1 N–H and O–H groups in total. The van der Waals surface area contributed by atoms with E-state index in [2.05, 4.69) is 35.3 Å².